The molecule has 0 aliphatic carbocycles. The van der Waals surface area contributed by atoms with Gasteiger partial charge in [0.05, 0.1) is 6.61 Å². The lowest BCUT2D eigenvalue weighted by atomic mass is 9.82. The van der Waals surface area contributed by atoms with Crippen molar-refractivity contribution in [3.05, 3.63) is 48.7 Å². The number of ether oxygens (including phenoxy) is 1. The summed E-state index contributed by atoms with van der Waals surface area (Å²) in [7, 11) is 0. The van der Waals surface area contributed by atoms with Crippen molar-refractivity contribution in [1.29, 1.82) is 0 Å². The van der Waals surface area contributed by atoms with Crippen LogP contribution in [0.25, 0.3) is 0 Å². The molecule has 4 nitrogen and oxygen atoms in total. The molecule has 0 spiro atoms. The highest BCUT2D eigenvalue weighted by Gasteiger charge is 2.46. The maximum Gasteiger partial charge on any atom is 0.239 e. The molecule has 1 saturated heterocycles. The molecule has 22 heavy (non-hydrogen) atoms. The Morgan fingerprint density at radius 2 is 2.14 bits per heavy atom. The summed E-state index contributed by atoms with van der Waals surface area (Å²) in [6, 6.07) is 9.93. The van der Waals surface area contributed by atoms with Crippen LogP contribution in [0.5, 0.6) is 0 Å². The summed E-state index contributed by atoms with van der Waals surface area (Å²) in [6.07, 6.45) is 3.09. The summed E-state index contributed by atoms with van der Waals surface area (Å²) in [5, 5.41) is 0. The average Bonchev–Trinajstić information content (AvgIpc) is 2.84. The Bertz CT molecular complexity index is 541. The number of hydrogen-bond donors (Lipinski definition) is 0. The van der Waals surface area contributed by atoms with Crippen LogP contribution in [0.1, 0.15) is 31.7 Å². The number of Topliss-reactive ketones (excluding diaryl/α,β-unsaturated/α-hetero) is 1. The third-order valence-corrected chi connectivity index (χ3v) is 4.23. The number of nitrogens with zero attached hydrogens (tertiary/aromatic N) is 1. The van der Waals surface area contributed by atoms with Crippen LogP contribution in [-0.2, 0) is 20.9 Å². The molecule has 0 bridgehead atoms. The van der Waals surface area contributed by atoms with E-state index in [0.29, 0.717) is 39.0 Å². The van der Waals surface area contributed by atoms with E-state index in [0.717, 1.165) is 5.56 Å². The highest BCUT2D eigenvalue weighted by molar-refractivity contribution is 6.07. The van der Waals surface area contributed by atoms with Crippen molar-refractivity contribution in [3.63, 3.8) is 0 Å². The molecule has 0 N–H and O–H groups in total. The van der Waals surface area contributed by atoms with Gasteiger partial charge in [-0.1, -0.05) is 36.9 Å². The Morgan fingerprint density at radius 3 is 2.77 bits per heavy atom. The van der Waals surface area contributed by atoms with Gasteiger partial charge in [0.2, 0.25) is 5.91 Å². The number of rotatable bonds is 8. The molecular formula is C18H23NO3. The van der Waals surface area contributed by atoms with Crippen LogP contribution in [0.2, 0.25) is 0 Å². The number of likely N-dealkylation sites (tertiary alicyclic amines) is 1. The van der Waals surface area contributed by atoms with E-state index in [1.165, 1.54) is 11.1 Å². The van der Waals surface area contributed by atoms with Gasteiger partial charge < -0.3 is 9.64 Å². The predicted molar refractivity (Wildman–Crippen MR) is 85.0 cm³/mol. The van der Waals surface area contributed by atoms with Crippen LogP contribution in [0.3, 0.4) is 0 Å². The van der Waals surface area contributed by atoms with Crippen molar-refractivity contribution in [2.45, 2.75) is 32.8 Å². The fourth-order valence-electron chi connectivity index (χ4n) is 2.68. The summed E-state index contributed by atoms with van der Waals surface area (Å²) < 4.78 is 5.57. The summed E-state index contributed by atoms with van der Waals surface area (Å²) in [6.45, 7) is 7.00. The van der Waals surface area contributed by atoms with Crippen molar-refractivity contribution >= 4 is 11.7 Å². The molecule has 0 saturated carbocycles. The molecule has 1 fully saturated rings. The van der Waals surface area contributed by atoms with E-state index < -0.39 is 5.41 Å². The Labute approximate surface area is 131 Å². The zero-order chi connectivity index (χ0) is 16.0. The molecule has 0 radical (unpaired) electrons. The summed E-state index contributed by atoms with van der Waals surface area (Å²) in [5.41, 5.74) is 0.238. The predicted octanol–water partition coefficient (Wildman–Crippen LogP) is 2.93. The van der Waals surface area contributed by atoms with Crippen LogP contribution in [0, 0.1) is 5.41 Å². The van der Waals surface area contributed by atoms with Crippen molar-refractivity contribution in [1.82, 2.24) is 4.90 Å². The molecule has 1 atom stereocenters. The standard InChI is InChI=1S/C18H23NO3/c1-3-19-12-11-18(2,17(19)21)16(20)10-7-13-22-14-15-8-5-4-6-9-15/h3-6,8-9H,1,7,10-14H2,2H3. The SMILES string of the molecule is C=CN1CCC(C)(C(=O)CCCOCc2ccccc2)C1=O. The second-order valence-corrected chi connectivity index (χ2v) is 5.83. The second-order valence-electron chi connectivity index (χ2n) is 5.83. The molecule has 1 aromatic carbocycles. The number of amides is 1. The molecule has 1 amide bonds. The first-order chi connectivity index (χ1) is 10.6. The van der Waals surface area contributed by atoms with Gasteiger partial charge >= 0.3 is 0 Å². The number of benzene rings is 1. The molecule has 1 aliphatic heterocycles. The molecule has 0 aromatic heterocycles. The van der Waals surface area contributed by atoms with Gasteiger partial charge in [-0.05, 0) is 31.5 Å². The van der Waals surface area contributed by atoms with E-state index >= 15 is 0 Å². The molecular weight excluding hydrogens is 278 g/mol. The van der Waals surface area contributed by atoms with Crippen molar-refractivity contribution in [3.8, 4) is 0 Å². The van der Waals surface area contributed by atoms with Gasteiger partial charge in [0.15, 0.2) is 0 Å². The van der Waals surface area contributed by atoms with Crippen LogP contribution < -0.4 is 0 Å². The Kier molecular flexibility index (Phi) is 5.50. The molecule has 1 unspecified atom stereocenters. The van der Waals surface area contributed by atoms with Crippen molar-refractivity contribution < 1.29 is 14.3 Å². The third kappa shape index (κ3) is 3.63. The summed E-state index contributed by atoms with van der Waals surface area (Å²) in [5.74, 6) is -0.122. The van der Waals surface area contributed by atoms with Gasteiger partial charge in [0, 0.05) is 19.6 Å². The zero-order valence-electron chi connectivity index (χ0n) is 13.1. The average molecular weight is 301 g/mol. The van der Waals surface area contributed by atoms with E-state index in [1.807, 2.05) is 30.3 Å². The normalized spacial score (nSPS) is 21.1. The highest BCUT2D eigenvalue weighted by atomic mass is 16.5. The van der Waals surface area contributed by atoms with Gasteiger partial charge in [-0.25, -0.2) is 0 Å². The maximum absolute atomic E-state index is 12.3. The number of carbonyl (C=O) groups is 2. The fourth-order valence-corrected chi connectivity index (χ4v) is 2.68. The van der Waals surface area contributed by atoms with Crippen molar-refractivity contribution in [2.24, 2.45) is 5.41 Å². The van der Waals surface area contributed by atoms with Gasteiger partial charge in [-0.15, -0.1) is 0 Å². The molecule has 1 heterocycles. The first-order valence-electron chi connectivity index (χ1n) is 7.66. The van der Waals surface area contributed by atoms with Gasteiger partial charge in [-0.2, -0.15) is 0 Å². The minimum absolute atomic E-state index is 0.00478. The van der Waals surface area contributed by atoms with Gasteiger partial charge in [0.1, 0.15) is 11.2 Å². The van der Waals surface area contributed by atoms with Crippen LogP contribution >= 0.6 is 0 Å². The van der Waals surface area contributed by atoms with Gasteiger partial charge in [-0.3, -0.25) is 9.59 Å². The van der Waals surface area contributed by atoms with Crippen molar-refractivity contribution in [2.75, 3.05) is 13.2 Å². The zero-order valence-corrected chi connectivity index (χ0v) is 13.1. The number of hydrogen-bond acceptors (Lipinski definition) is 3. The Balaban J connectivity index is 1.72. The van der Waals surface area contributed by atoms with E-state index in [2.05, 4.69) is 6.58 Å². The molecule has 4 heteroatoms. The summed E-state index contributed by atoms with van der Waals surface area (Å²) >= 11 is 0. The number of ketones is 1. The first kappa shape index (κ1) is 16.4. The quantitative estimate of drug-likeness (QED) is 0.548. The molecule has 2 rings (SSSR count). The largest absolute Gasteiger partial charge is 0.377 e. The molecule has 118 valence electrons. The lowest BCUT2D eigenvalue weighted by Gasteiger charge is -2.20. The first-order valence-corrected chi connectivity index (χ1v) is 7.66. The van der Waals surface area contributed by atoms with Crippen LogP contribution in [0.4, 0.5) is 0 Å². The minimum atomic E-state index is -0.881. The topological polar surface area (TPSA) is 46.6 Å². The second kappa shape index (κ2) is 7.36. The maximum atomic E-state index is 12.3. The molecule has 1 aliphatic rings. The Hall–Kier alpha value is -1.94. The molecule has 1 aromatic rings. The van der Waals surface area contributed by atoms with E-state index in [-0.39, 0.29) is 11.7 Å². The highest BCUT2D eigenvalue weighted by Crippen LogP contribution is 2.33. The lowest BCUT2D eigenvalue weighted by Crippen LogP contribution is -2.36. The van der Waals surface area contributed by atoms with Crippen LogP contribution in [-0.4, -0.2) is 29.7 Å². The monoisotopic (exact) mass is 301 g/mol. The van der Waals surface area contributed by atoms with E-state index in [9.17, 15) is 9.59 Å². The Morgan fingerprint density at radius 1 is 1.41 bits per heavy atom. The van der Waals surface area contributed by atoms with E-state index in [1.54, 1.807) is 6.92 Å². The third-order valence-electron chi connectivity index (χ3n) is 4.23. The van der Waals surface area contributed by atoms with Gasteiger partial charge in [0.25, 0.3) is 0 Å². The number of carbonyl (C=O) groups excluding carboxylic acids is 2. The fraction of sp³-hybridized carbons (Fsp3) is 0.444. The smallest absolute Gasteiger partial charge is 0.239 e. The summed E-state index contributed by atoms with van der Waals surface area (Å²) in [4.78, 5) is 26.0. The van der Waals surface area contributed by atoms with E-state index in [4.69, 9.17) is 4.74 Å². The minimum Gasteiger partial charge on any atom is -0.377 e. The van der Waals surface area contributed by atoms with Crippen LogP contribution in [0.15, 0.2) is 43.1 Å². The lowest BCUT2D eigenvalue weighted by molar-refractivity contribution is -0.142.